The van der Waals surface area contributed by atoms with Gasteiger partial charge in [0, 0.05) is 5.92 Å². The van der Waals surface area contributed by atoms with Crippen LogP contribution in [0.15, 0.2) is 11.6 Å². The fourth-order valence-corrected chi connectivity index (χ4v) is 2.48. The largest absolute Gasteiger partial charge is 0.353 e. The van der Waals surface area contributed by atoms with Crippen molar-refractivity contribution < 1.29 is 9.47 Å². The molecule has 1 saturated heterocycles. The van der Waals surface area contributed by atoms with Crippen molar-refractivity contribution in [1.29, 1.82) is 0 Å². The molecule has 15 heavy (non-hydrogen) atoms. The van der Waals surface area contributed by atoms with E-state index in [1.54, 1.807) is 5.57 Å². The smallest absolute Gasteiger partial charge is 0.154 e. The fraction of sp³-hybridized carbons (Fsp3) is 0.846. The van der Waals surface area contributed by atoms with Gasteiger partial charge < -0.3 is 9.47 Å². The Hall–Kier alpha value is -0.340. The van der Waals surface area contributed by atoms with Gasteiger partial charge in [-0.2, -0.15) is 0 Å². The van der Waals surface area contributed by atoms with Crippen molar-refractivity contribution in [2.45, 2.75) is 45.8 Å². The van der Waals surface area contributed by atoms with Gasteiger partial charge in [0.25, 0.3) is 0 Å². The van der Waals surface area contributed by atoms with Crippen molar-refractivity contribution >= 4 is 0 Å². The third-order valence-corrected chi connectivity index (χ3v) is 3.55. The van der Waals surface area contributed by atoms with Gasteiger partial charge in [0.1, 0.15) is 0 Å². The molecule has 0 saturated carbocycles. The summed E-state index contributed by atoms with van der Waals surface area (Å²) in [5, 5.41) is 0. The van der Waals surface area contributed by atoms with Crippen LogP contribution in [0.5, 0.6) is 0 Å². The summed E-state index contributed by atoms with van der Waals surface area (Å²) in [6.07, 6.45) is 7.59. The normalized spacial score (nSPS) is 37.5. The van der Waals surface area contributed by atoms with Gasteiger partial charge in [-0.05, 0) is 45.4 Å². The van der Waals surface area contributed by atoms with Crippen LogP contribution in [0, 0.1) is 11.8 Å². The molecule has 0 aromatic heterocycles. The Morgan fingerprint density at radius 3 is 2.60 bits per heavy atom. The molecule has 1 aliphatic heterocycles. The Labute approximate surface area is 92.6 Å². The van der Waals surface area contributed by atoms with Gasteiger partial charge >= 0.3 is 0 Å². The predicted octanol–water partition coefficient (Wildman–Crippen LogP) is 3.13. The average Bonchev–Trinajstić information content (AvgIpc) is 2.25. The zero-order valence-electron chi connectivity index (χ0n) is 9.87. The van der Waals surface area contributed by atoms with E-state index in [2.05, 4.69) is 13.0 Å². The molecule has 2 aliphatic rings. The van der Waals surface area contributed by atoms with Crippen LogP contribution in [0.4, 0.5) is 0 Å². The summed E-state index contributed by atoms with van der Waals surface area (Å²) in [5.74, 6) is 1.48. The van der Waals surface area contributed by atoms with Crippen molar-refractivity contribution in [2.75, 3.05) is 13.2 Å². The number of hydrogen-bond donors (Lipinski definition) is 0. The van der Waals surface area contributed by atoms with E-state index in [0.29, 0.717) is 5.92 Å². The second-order valence-corrected chi connectivity index (χ2v) is 5.03. The Kier molecular flexibility index (Phi) is 3.81. The first-order valence-electron chi connectivity index (χ1n) is 6.13. The lowest BCUT2D eigenvalue weighted by Gasteiger charge is -2.30. The van der Waals surface area contributed by atoms with Crippen LogP contribution in [0.2, 0.25) is 0 Å². The summed E-state index contributed by atoms with van der Waals surface area (Å²) < 4.78 is 11.0. The standard InChI is InChI=1S/C13H22O2/c1-10-3-5-12(6-4-10)7-13-8-14-11(2)15-9-13/h3,11-13H,4-9H2,1-2H3. The summed E-state index contributed by atoms with van der Waals surface area (Å²) in [6, 6.07) is 0. The molecule has 0 amide bonds. The third kappa shape index (κ3) is 3.32. The van der Waals surface area contributed by atoms with Gasteiger partial charge in [0.15, 0.2) is 6.29 Å². The quantitative estimate of drug-likeness (QED) is 0.652. The molecule has 0 spiro atoms. The maximum absolute atomic E-state index is 5.52. The Balaban J connectivity index is 1.73. The predicted molar refractivity (Wildman–Crippen MR) is 60.6 cm³/mol. The molecule has 1 fully saturated rings. The van der Waals surface area contributed by atoms with Crippen molar-refractivity contribution in [1.82, 2.24) is 0 Å². The Morgan fingerprint density at radius 2 is 2.00 bits per heavy atom. The van der Waals surface area contributed by atoms with Gasteiger partial charge in [-0.15, -0.1) is 0 Å². The number of rotatable bonds is 2. The molecule has 0 aromatic rings. The van der Waals surface area contributed by atoms with Crippen molar-refractivity contribution in [3.8, 4) is 0 Å². The van der Waals surface area contributed by atoms with Gasteiger partial charge in [0.2, 0.25) is 0 Å². The van der Waals surface area contributed by atoms with E-state index >= 15 is 0 Å². The highest BCUT2D eigenvalue weighted by Crippen LogP contribution is 2.29. The number of allylic oxidation sites excluding steroid dienone is 2. The van der Waals surface area contributed by atoms with E-state index in [-0.39, 0.29) is 6.29 Å². The summed E-state index contributed by atoms with van der Waals surface area (Å²) in [6.45, 7) is 5.99. The van der Waals surface area contributed by atoms with Crippen LogP contribution in [0.1, 0.15) is 39.5 Å². The Morgan fingerprint density at radius 1 is 1.27 bits per heavy atom. The topological polar surface area (TPSA) is 18.5 Å². The lowest BCUT2D eigenvalue weighted by atomic mass is 9.84. The van der Waals surface area contributed by atoms with E-state index < -0.39 is 0 Å². The van der Waals surface area contributed by atoms with E-state index in [4.69, 9.17) is 9.47 Å². The summed E-state index contributed by atoms with van der Waals surface area (Å²) in [5.41, 5.74) is 1.57. The first kappa shape index (κ1) is 11.2. The summed E-state index contributed by atoms with van der Waals surface area (Å²) in [4.78, 5) is 0. The van der Waals surface area contributed by atoms with Gasteiger partial charge in [-0.3, -0.25) is 0 Å². The fourth-order valence-electron chi connectivity index (χ4n) is 2.48. The highest BCUT2D eigenvalue weighted by molar-refractivity contribution is 5.02. The van der Waals surface area contributed by atoms with Crippen molar-refractivity contribution in [2.24, 2.45) is 11.8 Å². The molecule has 1 heterocycles. The van der Waals surface area contributed by atoms with Gasteiger partial charge in [-0.1, -0.05) is 11.6 Å². The van der Waals surface area contributed by atoms with Crippen LogP contribution in [0.3, 0.4) is 0 Å². The molecule has 0 aromatic carbocycles. The lowest BCUT2D eigenvalue weighted by molar-refractivity contribution is -0.192. The van der Waals surface area contributed by atoms with Crippen LogP contribution < -0.4 is 0 Å². The average molecular weight is 210 g/mol. The molecule has 1 aliphatic carbocycles. The van der Waals surface area contributed by atoms with Crippen molar-refractivity contribution in [3.63, 3.8) is 0 Å². The first-order valence-corrected chi connectivity index (χ1v) is 6.13. The van der Waals surface area contributed by atoms with Crippen LogP contribution >= 0.6 is 0 Å². The molecule has 2 rings (SSSR count). The molecule has 2 heteroatoms. The number of ether oxygens (including phenoxy) is 2. The van der Waals surface area contributed by atoms with E-state index in [0.717, 1.165) is 19.1 Å². The summed E-state index contributed by atoms with van der Waals surface area (Å²) in [7, 11) is 0. The second kappa shape index (κ2) is 5.13. The first-order chi connectivity index (χ1) is 7.24. The highest BCUT2D eigenvalue weighted by atomic mass is 16.7. The molecule has 86 valence electrons. The monoisotopic (exact) mass is 210 g/mol. The minimum absolute atomic E-state index is 0.00902. The van der Waals surface area contributed by atoms with Crippen LogP contribution in [-0.2, 0) is 9.47 Å². The van der Waals surface area contributed by atoms with E-state index in [1.165, 1.54) is 25.7 Å². The highest BCUT2D eigenvalue weighted by Gasteiger charge is 2.23. The molecule has 1 atom stereocenters. The van der Waals surface area contributed by atoms with E-state index in [1.807, 2.05) is 6.92 Å². The molecule has 1 unspecified atom stereocenters. The SMILES string of the molecule is CC1=CCC(CC2COC(C)OC2)CC1. The maximum Gasteiger partial charge on any atom is 0.154 e. The maximum atomic E-state index is 5.52. The number of hydrogen-bond acceptors (Lipinski definition) is 2. The molecule has 0 N–H and O–H groups in total. The van der Waals surface area contributed by atoms with Gasteiger partial charge in [-0.25, -0.2) is 0 Å². The zero-order valence-corrected chi connectivity index (χ0v) is 9.87. The molecular weight excluding hydrogens is 188 g/mol. The third-order valence-electron chi connectivity index (χ3n) is 3.55. The molecule has 0 radical (unpaired) electrons. The van der Waals surface area contributed by atoms with Crippen molar-refractivity contribution in [3.05, 3.63) is 11.6 Å². The van der Waals surface area contributed by atoms with Crippen LogP contribution in [-0.4, -0.2) is 19.5 Å². The van der Waals surface area contributed by atoms with Crippen LogP contribution in [0.25, 0.3) is 0 Å². The zero-order chi connectivity index (χ0) is 10.7. The minimum Gasteiger partial charge on any atom is -0.353 e. The molecule has 0 bridgehead atoms. The Bertz CT molecular complexity index is 227. The van der Waals surface area contributed by atoms with Gasteiger partial charge in [0.05, 0.1) is 13.2 Å². The summed E-state index contributed by atoms with van der Waals surface area (Å²) >= 11 is 0. The second-order valence-electron chi connectivity index (χ2n) is 5.03. The lowest BCUT2D eigenvalue weighted by Crippen LogP contribution is -2.31. The minimum atomic E-state index is 0.00902. The van der Waals surface area contributed by atoms with E-state index in [9.17, 15) is 0 Å². The molecule has 2 nitrogen and oxygen atoms in total. The molecular formula is C13H22O2.